The highest BCUT2D eigenvalue weighted by molar-refractivity contribution is 6.02. The number of rotatable bonds is 6. The molecular weight excluding hydrogens is 308 g/mol. The Bertz CT molecular complexity index is 580. The van der Waals surface area contributed by atoms with Crippen molar-refractivity contribution in [1.82, 2.24) is 0 Å². The van der Waals surface area contributed by atoms with Crippen LogP contribution in [0.4, 0.5) is 11.4 Å². The van der Waals surface area contributed by atoms with Gasteiger partial charge >= 0.3 is 5.97 Å². The Labute approximate surface area is 143 Å². The second-order valence-corrected chi connectivity index (χ2v) is 6.30. The average Bonchev–Trinajstić information content (AvgIpc) is 2.60. The molecule has 1 aromatic carbocycles. The van der Waals surface area contributed by atoms with Gasteiger partial charge in [0.1, 0.15) is 0 Å². The quantitative estimate of drug-likeness (QED) is 0.810. The summed E-state index contributed by atoms with van der Waals surface area (Å²) in [5.74, 6) is -0.0863. The van der Waals surface area contributed by atoms with Crippen LogP contribution in [-0.2, 0) is 14.3 Å². The summed E-state index contributed by atoms with van der Waals surface area (Å²) in [4.78, 5) is 26.3. The van der Waals surface area contributed by atoms with Gasteiger partial charge in [-0.25, -0.2) is 4.79 Å². The molecule has 1 amide bonds. The SMILES string of the molecule is COC(=O)c1cc(N2CCOCC2)ccc1NC(=O)CCC(C)C. The van der Waals surface area contributed by atoms with Crippen LogP contribution in [0.3, 0.4) is 0 Å². The Morgan fingerprint density at radius 1 is 1.29 bits per heavy atom. The number of carbonyl (C=O) groups is 2. The number of esters is 1. The molecule has 24 heavy (non-hydrogen) atoms. The van der Waals surface area contributed by atoms with Gasteiger partial charge in [-0.1, -0.05) is 13.8 Å². The lowest BCUT2D eigenvalue weighted by Crippen LogP contribution is -2.36. The van der Waals surface area contributed by atoms with Crippen LogP contribution in [0.25, 0.3) is 0 Å². The number of amides is 1. The first-order chi connectivity index (χ1) is 11.5. The Balaban J connectivity index is 2.17. The van der Waals surface area contributed by atoms with Gasteiger partial charge in [0.25, 0.3) is 0 Å². The predicted octanol–water partition coefficient (Wildman–Crippen LogP) is 2.68. The van der Waals surface area contributed by atoms with E-state index in [4.69, 9.17) is 9.47 Å². The first-order valence-corrected chi connectivity index (χ1v) is 8.36. The van der Waals surface area contributed by atoms with E-state index in [9.17, 15) is 9.59 Å². The number of benzene rings is 1. The number of hydrogen-bond donors (Lipinski definition) is 1. The van der Waals surface area contributed by atoms with Crippen molar-refractivity contribution in [3.05, 3.63) is 23.8 Å². The molecule has 0 radical (unpaired) electrons. The Hall–Kier alpha value is -2.08. The summed E-state index contributed by atoms with van der Waals surface area (Å²) in [6.45, 7) is 7.04. The van der Waals surface area contributed by atoms with Crippen LogP contribution in [0.2, 0.25) is 0 Å². The van der Waals surface area contributed by atoms with Gasteiger partial charge in [-0.2, -0.15) is 0 Å². The first kappa shape index (κ1) is 18.3. The first-order valence-electron chi connectivity index (χ1n) is 8.36. The van der Waals surface area contributed by atoms with E-state index >= 15 is 0 Å². The van der Waals surface area contributed by atoms with Crippen molar-refractivity contribution in [2.75, 3.05) is 43.6 Å². The van der Waals surface area contributed by atoms with E-state index in [0.29, 0.717) is 36.8 Å². The third-order valence-electron chi connectivity index (χ3n) is 4.01. The van der Waals surface area contributed by atoms with E-state index in [0.717, 1.165) is 25.2 Å². The Morgan fingerprint density at radius 3 is 2.62 bits per heavy atom. The topological polar surface area (TPSA) is 67.9 Å². The number of methoxy groups -OCH3 is 1. The molecule has 0 aliphatic carbocycles. The van der Waals surface area contributed by atoms with E-state index in [2.05, 4.69) is 24.1 Å². The van der Waals surface area contributed by atoms with Crippen LogP contribution in [-0.4, -0.2) is 45.3 Å². The van der Waals surface area contributed by atoms with Gasteiger partial charge in [-0.15, -0.1) is 0 Å². The van der Waals surface area contributed by atoms with Crippen molar-refractivity contribution in [3.63, 3.8) is 0 Å². The molecular formula is C18H26N2O4. The molecule has 1 aromatic rings. The second-order valence-electron chi connectivity index (χ2n) is 6.30. The van der Waals surface area contributed by atoms with Gasteiger partial charge in [0.15, 0.2) is 0 Å². The van der Waals surface area contributed by atoms with E-state index in [1.54, 1.807) is 12.1 Å². The molecule has 2 rings (SSSR count). The van der Waals surface area contributed by atoms with Crippen LogP contribution in [0.5, 0.6) is 0 Å². The molecule has 0 unspecified atom stereocenters. The molecule has 0 spiro atoms. The summed E-state index contributed by atoms with van der Waals surface area (Å²) >= 11 is 0. The molecule has 1 saturated heterocycles. The largest absolute Gasteiger partial charge is 0.465 e. The summed E-state index contributed by atoms with van der Waals surface area (Å²) in [5.41, 5.74) is 1.80. The lowest BCUT2D eigenvalue weighted by Gasteiger charge is -2.29. The van der Waals surface area contributed by atoms with Crippen molar-refractivity contribution >= 4 is 23.3 Å². The lowest BCUT2D eigenvalue weighted by atomic mass is 10.1. The van der Waals surface area contributed by atoms with Crippen molar-refractivity contribution < 1.29 is 19.1 Å². The highest BCUT2D eigenvalue weighted by Gasteiger charge is 2.18. The van der Waals surface area contributed by atoms with Gasteiger partial charge < -0.3 is 19.7 Å². The summed E-state index contributed by atoms with van der Waals surface area (Å²) in [6.07, 6.45) is 1.24. The van der Waals surface area contributed by atoms with E-state index in [1.807, 2.05) is 6.07 Å². The van der Waals surface area contributed by atoms with Crippen LogP contribution < -0.4 is 10.2 Å². The van der Waals surface area contributed by atoms with Crippen LogP contribution in [0, 0.1) is 5.92 Å². The summed E-state index contributed by atoms with van der Waals surface area (Å²) < 4.78 is 10.2. The minimum absolute atomic E-state index is 0.0898. The van der Waals surface area contributed by atoms with E-state index in [1.165, 1.54) is 7.11 Å². The van der Waals surface area contributed by atoms with Gasteiger partial charge in [0.2, 0.25) is 5.91 Å². The van der Waals surface area contributed by atoms with E-state index < -0.39 is 5.97 Å². The van der Waals surface area contributed by atoms with Crippen molar-refractivity contribution in [2.45, 2.75) is 26.7 Å². The fraction of sp³-hybridized carbons (Fsp3) is 0.556. The third-order valence-corrected chi connectivity index (χ3v) is 4.01. The molecule has 132 valence electrons. The number of nitrogens with zero attached hydrogens (tertiary/aromatic N) is 1. The average molecular weight is 334 g/mol. The fourth-order valence-corrected chi connectivity index (χ4v) is 2.57. The molecule has 1 aliphatic heterocycles. The number of carbonyl (C=O) groups excluding carboxylic acids is 2. The van der Waals surface area contributed by atoms with E-state index in [-0.39, 0.29) is 5.91 Å². The molecule has 1 heterocycles. The van der Waals surface area contributed by atoms with Crippen LogP contribution in [0.15, 0.2) is 18.2 Å². The summed E-state index contributed by atoms with van der Waals surface area (Å²) in [7, 11) is 1.34. The van der Waals surface area contributed by atoms with Gasteiger partial charge in [0.05, 0.1) is 31.6 Å². The number of nitrogens with one attached hydrogen (secondary N) is 1. The molecule has 1 fully saturated rings. The smallest absolute Gasteiger partial charge is 0.340 e. The standard InChI is InChI=1S/C18H26N2O4/c1-13(2)4-7-17(21)19-16-6-5-14(12-15(16)18(22)23-3)20-8-10-24-11-9-20/h5-6,12-13H,4,7-11H2,1-3H3,(H,19,21). The zero-order valence-electron chi connectivity index (χ0n) is 14.6. The van der Waals surface area contributed by atoms with Crippen LogP contribution >= 0.6 is 0 Å². The summed E-state index contributed by atoms with van der Waals surface area (Å²) in [5, 5.41) is 2.83. The number of anilines is 2. The van der Waals surface area contributed by atoms with Crippen molar-refractivity contribution in [1.29, 1.82) is 0 Å². The molecule has 0 aromatic heterocycles. The summed E-state index contributed by atoms with van der Waals surface area (Å²) in [6, 6.07) is 5.45. The monoisotopic (exact) mass is 334 g/mol. The molecule has 1 aliphatic rings. The number of ether oxygens (including phenoxy) is 2. The highest BCUT2D eigenvalue weighted by Crippen LogP contribution is 2.25. The van der Waals surface area contributed by atoms with Gasteiger partial charge in [-0.05, 0) is 30.5 Å². The van der Waals surface area contributed by atoms with Crippen molar-refractivity contribution in [3.8, 4) is 0 Å². The fourth-order valence-electron chi connectivity index (χ4n) is 2.57. The molecule has 6 nitrogen and oxygen atoms in total. The third kappa shape index (κ3) is 4.96. The molecule has 0 bridgehead atoms. The zero-order chi connectivity index (χ0) is 17.5. The molecule has 0 atom stereocenters. The van der Waals surface area contributed by atoms with Gasteiger partial charge in [-0.3, -0.25) is 4.79 Å². The second kappa shape index (κ2) is 8.68. The van der Waals surface area contributed by atoms with Gasteiger partial charge in [0, 0.05) is 25.2 Å². The Morgan fingerprint density at radius 2 is 2.00 bits per heavy atom. The lowest BCUT2D eigenvalue weighted by molar-refractivity contribution is -0.116. The minimum Gasteiger partial charge on any atom is -0.465 e. The van der Waals surface area contributed by atoms with Crippen molar-refractivity contribution in [2.24, 2.45) is 5.92 Å². The molecule has 1 N–H and O–H groups in total. The predicted molar refractivity (Wildman–Crippen MR) is 93.5 cm³/mol. The van der Waals surface area contributed by atoms with Crippen LogP contribution in [0.1, 0.15) is 37.0 Å². The minimum atomic E-state index is -0.454. The normalized spacial score (nSPS) is 14.6. The molecule has 6 heteroatoms. The number of morpholine rings is 1. The Kier molecular flexibility index (Phi) is 6.61. The maximum atomic E-state index is 12.1. The maximum Gasteiger partial charge on any atom is 0.340 e. The molecule has 0 saturated carbocycles. The maximum absolute atomic E-state index is 12.1. The zero-order valence-corrected chi connectivity index (χ0v) is 14.6. The highest BCUT2D eigenvalue weighted by atomic mass is 16.5. The number of hydrogen-bond acceptors (Lipinski definition) is 5.